The summed E-state index contributed by atoms with van der Waals surface area (Å²) >= 11 is 0. The number of hydrogen-bond donors (Lipinski definition) is 1. The standard InChI is InChI=1S/C15H23N3O2/c1-3-17-8-6-13(7-9-17)11-16-14-10-12(2)4-5-15(14)18(19)20/h4-5,10,13,16H,3,6-9,11H2,1-2H3. The minimum atomic E-state index is -0.318. The molecule has 1 aliphatic heterocycles. The molecule has 1 fully saturated rings. The molecule has 1 N–H and O–H groups in total. The fraction of sp³-hybridized carbons (Fsp3) is 0.600. The lowest BCUT2D eigenvalue weighted by molar-refractivity contribution is -0.384. The monoisotopic (exact) mass is 277 g/mol. The Morgan fingerprint density at radius 2 is 2.10 bits per heavy atom. The van der Waals surface area contributed by atoms with Crippen molar-refractivity contribution in [3.63, 3.8) is 0 Å². The smallest absolute Gasteiger partial charge is 0.292 e. The van der Waals surface area contributed by atoms with Gasteiger partial charge in [0.25, 0.3) is 5.69 Å². The van der Waals surface area contributed by atoms with Crippen molar-refractivity contribution in [2.75, 3.05) is 31.5 Å². The maximum atomic E-state index is 11.0. The Hall–Kier alpha value is -1.62. The van der Waals surface area contributed by atoms with Gasteiger partial charge in [-0.05, 0) is 56.9 Å². The number of nitro groups is 1. The van der Waals surface area contributed by atoms with E-state index in [4.69, 9.17) is 0 Å². The lowest BCUT2D eigenvalue weighted by atomic mass is 9.96. The number of benzene rings is 1. The van der Waals surface area contributed by atoms with Crippen LogP contribution >= 0.6 is 0 Å². The molecule has 0 aromatic heterocycles. The summed E-state index contributed by atoms with van der Waals surface area (Å²) in [7, 11) is 0. The summed E-state index contributed by atoms with van der Waals surface area (Å²) in [5, 5.41) is 14.3. The van der Waals surface area contributed by atoms with Crippen LogP contribution < -0.4 is 5.32 Å². The van der Waals surface area contributed by atoms with Crippen LogP contribution in [0.2, 0.25) is 0 Å². The van der Waals surface area contributed by atoms with E-state index in [2.05, 4.69) is 17.1 Å². The van der Waals surface area contributed by atoms with Crippen molar-refractivity contribution in [1.29, 1.82) is 0 Å². The molecule has 1 aromatic carbocycles. The molecule has 110 valence electrons. The molecule has 0 radical (unpaired) electrons. The van der Waals surface area contributed by atoms with Gasteiger partial charge in [0, 0.05) is 12.6 Å². The number of anilines is 1. The number of hydrogen-bond acceptors (Lipinski definition) is 4. The number of rotatable bonds is 5. The Kier molecular flexibility index (Phi) is 4.95. The molecule has 0 spiro atoms. The quantitative estimate of drug-likeness (QED) is 0.664. The summed E-state index contributed by atoms with van der Waals surface area (Å²) in [6.45, 7) is 8.35. The van der Waals surface area contributed by atoms with Gasteiger partial charge in [-0.25, -0.2) is 0 Å². The summed E-state index contributed by atoms with van der Waals surface area (Å²) < 4.78 is 0. The third-order valence-electron chi connectivity index (χ3n) is 4.08. The minimum Gasteiger partial charge on any atom is -0.379 e. The molecule has 0 aliphatic carbocycles. The van der Waals surface area contributed by atoms with Crippen molar-refractivity contribution in [1.82, 2.24) is 4.90 Å². The zero-order valence-corrected chi connectivity index (χ0v) is 12.3. The van der Waals surface area contributed by atoms with Crippen LogP contribution in [0.15, 0.2) is 18.2 Å². The Morgan fingerprint density at radius 3 is 2.70 bits per heavy atom. The van der Waals surface area contributed by atoms with Gasteiger partial charge in [-0.15, -0.1) is 0 Å². The maximum absolute atomic E-state index is 11.0. The first-order valence-electron chi connectivity index (χ1n) is 7.31. The summed E-state index contributed by atoms with van der Waals surface area (Å²) in [5.74, 6) is 0.609. The van der Waals surface area contributed by atoms with Gasteiger partial charge in [-0.2, -0.15) is 0 Å². The zero-order valence-electron chi connectivity index (χ0n) is 12.3. The molecule has 1 aliphatic rings. The fourth-order valence-corrected chi connectivity index (χ4v) is 2.71. The van der Waals surface area contributed by atoms with Crippen LogP contribution in [0.4, 0.5) is 11.4 Å². The van der Waals surface area contributed by atoms with Crippen LogP contribution in [0.1, 0.15) is 25.3 Å². The van der Waals surface area contributed by atoms with Crippen LogP contribution in [0.3, 0.4) is 0 Å². The number of nitrogens with one attached hydrogen (secondary N) is 1. The molecule has 5 heteroatoms. The van der Waals surface area contributed by atoms with E-state index in [1.165, 1.54) is 12.8 Å². The molecule has 0 saturated carbocycles. The topological polar surface area (TPSA) is 58.4 Å². The van der Waals surface area contributed by atoms with E-state index in [0.717, 1.165) is 31.7 Å². The largest absolute Gasteiger partial charge is 0.379 e. The van der Waals surface area contributed by atoms with Crippen LogP contribution in [0.5, 0.6) is 0 Å². The third-order valence-corrected chi connectivity index (χ3v) is 4.08. The molecule has 0 unspecified atom stereocenters. The lowest BCUT2D eigenvalue weighted by Crippen LogP contribution is -2.35. The van der Waals surface area contributed by atoms with Gasteiger partial charge < -0.3 is 10.2 Å². The molecule has 0 bridgehead atoms. The van der Waals surface area contributed by atoms with Crippen LogP contribution in [0.25, 0.3) is 0 Å². The Morgan fingerprint density at radius 1 is 1.40 bits per heavy atom. The molecule has 1 heterocycles. The van der Waals surface area contributed by atoms with Crippen molar-refractivity contribution < 1.29 is 4.92 Å². The summed E-state index contributed by atoms with van der Waals surface area (Å²) in [5.41, 5.74) is 1.86. The highest BCUT2D eigenvalue weighted by molar-refractivity contribution is 5.62. The molecular formula is C15H23N3O2. The minimum absolute atomic E-state index is 0.168. The first-order chi connectivity index (χ1) is 9.60. The highest BCUT2D eigenvalue weighted by atomic mass is 16.6. The molecule has 0 amide bonds. The zero-order chi connectivity index (χ0) is 14.5. The van der Waals surface area contributed by atoms with E-state index >= 15 is 0 Å². The van der Waals surface area contributed by atoms with Crippen LogP contribution in [-0.2, 0) is 0 Å². The number of piperidine rings is 1. The first-order valence-corrected chi connectivity index (χ1v) is 7.31. The van der Waals surface area contributed by atoms with Gasteiger partial charge >= 0.3 is 0 Å². The van der Waals surface area contributed by atoms with Gasteiger partial charge in [-0.3, -0.25) is 10.1 Å². The summed E-state index contributed by atoms with van der Waals surface area (Å²) in [4.78, 5) is 13.2. The second-order valence-corrected chi connectivity index (χ2v) is 5.54. The van der Waals surface area contributed by atoms with Crippen LogP contribution in [-0.4, -0.2) is 36.0 Å². The normalized spacial score (nSPS) is 17.1. The molecule has 1 saturated heterocycles. The summed E-state index contributed by atoms with van der Waals surface area (Å²) in [6, 6.07) is 5.22. The van der Waals surface area contributed by atoms with Crippen LogP contribution in [0, 0.1) is 23.0 Å². The Labute approximate surface area is 120 Å². The lowest BCUT2D eigenvalue weighted by Gasteiger charge is -2.31. The summed E-state index contributed by atoms with van der Waals surface area (Å²) in [6.07, 6.45) is 2.33. The van der Waals surface area contributed by atoms with Crippen molar-refractivity contribution in [2.24, 2.45) is 5.92 Å². The van der Waals surface area contributed by atoms with Gasteiger partial charge in [0.15, 0.2) is 0 Å². The molecule has 5 nitrogen and oxygen atoms in total. The SMILES string of the molecule is CCN1CCC(CNc2cc(C)ccc2[N+](=O)[O-])CC1. The van der Waals surface area contributed by atoms with Gasteiger partial charge in [-0.1, -0.05) is 13.0 Å². The van der Waals surface area contributed by atoms with E-state index in [0.29, 0.717) is 11.6 Å². The van der Waals surface area contributed by atoms with E-state index in [1.54, 1.807) is 12.1 Å². The van der Waals surface area contributed by atoms with Gasteiger partial charge in [0.1, 0.15) is 5.69 Å². The number of aryl methyl sites for hydroxylation is 1. The third kappa shape index (κ3) is 3.70. The number of likely N-dealkylation sites (tertiary alicyclic amines) is 1. The second kappa shape index (κ2) is 6.70. The molecule has 2 rings (SSSR count). The average Bonchev–Trinajstić information content (AvgIpc) is 2.45. The number of nitrogens with zero attached hydrogens (tertiary/aromatic N) is 2. The number of nitro benzene ring substituents is 1. The maximum Gasteiger partial charge on any atom is 0.292 e. The Bertz CT molecular complexity index is 468. The highest BCUT2D eigenvalue weighted by Crippen LogP contribution is 2.26. The molecule has 1 aromatic rings. The van der Waals surface area contributed by atoms with Gasteiger partial charge in [0.2, 0.25) is 0 Å². The van der Waals surface area contributed by atoms with Crippen molar-refractivity contribution in [3.05, 3.63) is 33.9 Å². The van der Waals surface area contributed by atoms with Gasteiger partial charge in [0.05, 0.1) is 4.92 Å². The van der Waals surface area contributed by atoms with Crippen molar-refractivity contribution in [3.8, 4) is 0 Å². The van der Waals surface area contributed by atoms with E-state index in [-0.39, 0.29) is 10.6 Å². The fourth-order valence-electron chi connectivity index (χ4n) is 2.71. The predicted octanol–water partition coefficient (Wildman–Crippen LogP) is 3.05. The van der Waals surface area contributed by atoms with E-state index in [9.17, 15) is 10.1 Å². The molecule has 0 atom stereocenters. The average molecular weight is 277 g/mol. The first kappa shape index (κ1) is 14.8. The second-order valence-electron chi connectivity index (χ2n) is 5.54. The Balaban J connectivity index is 1.94. The molecular weight excluding hydrogens is 254 g/mol. The molecule has 20 heavy (non-hydrogen) atoms. The van der Waals surface area contributed by atoms with Crippen molar-refractivity contribution >= 4 is 11.4 Å². The van der Waals surface area contributed by atoms with E-state index in [1.807, 2.05) is 13.0 Å². The van der Waals surface area contributed by atoms with E-state index < -0.39 is 0 Å². The highest BCUT2D eigenvalue weighted by Gasteiger charge is 2.19. The van der Waals surface area contributed by atoms with Crippen molar-refractivity contribution in [2.45, 2.75) is 26.7 Å². The predicted molar refractivity (Wildman–Crippen MR) is 81.2 cm³/mol.